The van der Waals surface area contributed by atoms with Crippen LogP contribution in [0.2, 0.25) is 0 Å². The van der Waals surface area contributed by atoms with Gasteiger partial charge in [-0.15, -0.1) is 0 Å². The Morgan fingerprint density at radius 1 is 1.59 bits per heavy atom. The Bertz CT molecular complexity index is 333. The maximum absolute atomic E-state index is 11.3. The van der Waals surface area contributed by atoms with Gasteiger partial charge < -0.3 is 26.6 Å². The second-order valence-corrected chi connectivity index (χ2v) is 3.92. The predicted molar refractivity (Wildman–Crippen MR) is 55.9 cm³/mol. The maximum atomic E-state index is 11.3. The number of aliphatic hydroxyl groups excluding tert-OH is 1. The van der Waals surface area contributed by atoms with Crippen molar-refractivity contribution in [2.45, 2.75) is 25.0 Å². The lowest BCUT2D eigenvalue weighted by molar-refractivity contribution is -0.129. The van der Waals surface area contributed by atoms with Crippen LogP contribution in [-0.2, 0) is 9.59 Å². The first-order valence-electron chi connectivity index (χ1n) is 5.16. The van der Waals surface area contributed by atoms with Crippen LogP contribution in [0.3, 0.4) is 0 Å². The normalized spacial score (nSPS) is 22.6. The van der Waals surface area contributed by atoms with Crippen molar-refractivity contribution >= 4 is 17.9 Å². The van der Waals surface area contributed by atoms with E-state index in [4.69, 9.17) is 10.8 Å². The number of aliphatic hydroxyl groups is 1. The molecule has 0 aliphatic carbocycles. The van der Waals surface area contributed by atoms with Gasteiger partial charge in [0.25, 0.3) is 0 Å². The molecule has 3 amide bonds. The summed E-state index contributed by atoms with van der Waals surface area (Å²) in [6.07, 6.45) is -2.43. The van der Waals surface area contributed by atoms with Gasteiger partial charge >= 0.3 is 6.09 Å². The SMILES string of the molecule is NC(=O)C(O)[C@H](C[C@@H]1CCNC1=O)NC(=O)O. The Morgan fingerprint density at radius 3 is 2.65 bits per heavy atom. The Morgan fingerprint density at radius 2 is 2.24 bits per heavy atom. The minimum Gasteiger partial charge on any atom is -0.465 e. The number of carboxylic acid groups (broad SMARTS) is 1. The van der Waals surface area contributed by atoms with Gasteiger partial charge in [-0.05, 0) is 12.8 Å². The summed E-state index contributed by atoms with van der Waals surface area (Å²) in [5.41, 5.74) is 4.90. The fraction of sp³-hybridized carbons (Fsp3) is 0.667. The second-order valence-electron chi connectivity index (χ2n) is 3.92. The van der Waals surface area contributed by atoms with E-state index in [1.165, 1.54) is 0 Å². The molecule has 0 spiro atoms. The first-order chi connectivity index (χ1) is 7.91. The highest BCUT2D eigenvalue weighted by Crippen LogP contribution is 2.17. The molecule has 1 unspecified atom stereocenters. The van der Waals surface area contributed by atoms with E-state index in [2.05, 4.69) is 5.32 Å². The molecule has 1 heterocycles. The molecule has 17 heavy (non-hydrogen) atoms. The third-order valence-electron chi connectivity index (χ3n) is 2.68. The van der Waals surface area contributed by atoms with Gasteiger partial charge in [-0.2, -0.15) is 0 Å². The number of amides is 3. The molecule has 0 bridgehead atoms. The van der Waals surface area contributed by atoms with E-state index in [1.54, 1.807) is 0 Å². The Labute approximate surface area is 97.2 Å². The number of primary amides is 1. The number of rotatable bonds is 5. The maximum Gasteiger partial charge on any atom is 0.404 e. The zero-order valence-corrected chi connectivity index (χ0v) is 9.05. The zero-order valence-electron chi connectivity index (χ0n) is 9.05. The molecular formula is C9H15N3O5. The monoisotopic (exact) mass is 245 g/mol. The van der Waals surface area contributed by atoms with Gasteiger partial charge in [-0.3, -0.25) is 9.59 Å². The molecule has 96 valence electrons. The van der Waals surface area contributed by atoms with Crippen molar-refractivity contribution in [3.8, 4) is 0 Å². The highest BCUT2D eigenvalue weighted by atomic mass is 16.4. The average Bonchev–Trinajstić information content (AvgIpc) is 2.61. The molecule has 1 aliphatic heterocycles. The van der Waals surface area contributed by atoms with Gasteiger partial charge in [0.15, 0.2) is 6.10 Å². The van der Waals surface area contributed by atoms with Crippen molar-refractivity contribution < 1.29 is 24.6 Å². The minimum atomic E-state index is -1.64. The van der Waals surface area contributed by atoms with Crippen molar-refractivity contribution in [3.63, 3.8) is 0 Å². The number of hydrogen-bond acceptors (Lipinski definition) is 4. The van der Waals surface area contributed by atoms with Gasteiger partial charge in [0.1, 0.15) is 0 Å². The molecule has 1 fully saturated rings. The third kappa shape index (κ3) is 3.59. The van der Waals surface area contributed by atoms with Gasteiger partial charge in [0.2, 0.25) is 11.8 Å². The van der Waals surface area contributed by atoms with Crippen LogP contribution in [0.15, 0.2) is 0 Å². The fourth-order valence-electron chi connectivity index (χ4n) is 1.80. The van der Waals surface area contributed by atoms with Gasteiger partial charge in [-0.25, -0.2) is 4.79 Å². The Hall–Kier alpha value is -1.83. The summed E-state index contributed by atoms with van der Waals surface area (Å²) in [7, 11) is 0. The molecular weight excluding hydrogens is 230 g/mol. The topological polar surface area (TPSA) is 142 Å². The molecule has 6 N–H and O–H groups in total. The Balaban J connectivity index is 2.65. The third-order valence-corrected chi connectivity index (χ3v) is 2.68. The van der Waals surface area contributed by atoms with E-state index in [9.17, 15) is 19.5 Å². The lowest BCUT2D eigenvalue weighted by atomic mass is 9.95. The molecule has 8 nitrogen and oxygen atoms in total. The molecule has 8 heteroatoms. The molecule has 0 aromatic heterocycles. The molecule has 1 rings (SSSR count). The van der Waals surface area contributed by atoms with Gasteiger partial charge in [-0.1, -0.05) is 0 Å². The van der Waals surface area contributed by atoms with Crippen LogP contribution in [0.25, 0.3) is 0 Å². The van der Waals surface area contributed by atoms with Gasteiger partial charge in [0, 0.05) is 12.5 Å². The zero-order chi connectivity index (χ0) is 13.0. The summed E-state index contributed by atoms with van der Waals surface area (Å²) < 4.78 is 0. The first-order valence-corrected chi connectivity index (χ1v) is 5.16. The number of carbonyl (C=O) groups is 3. The van der Waals surface area contributed by atoms with E-state index in [1.807, 2.05) is 5.32 Å². The number of nitrogens with two attached hydrogens (primary N) is 1. The van der Waals surface area contributed by atoms with Crippen LogP contribution in [0, 0.1) is 5.92 Å². The lowest BCUT2D eigenvalue weighted by Crippen LogP contribution is -2.50. The molecule has 0 radical (unpaired) electrons. The minimum absolute atomic E-state index is 0.0439. The molecule has 0 saturated carbocycles. The average molecular weight is 245 g/mol. The fourth-order valence-corrected chi connectivity index (χ4v) is 1.80. The lowest BCUT2D eigenvalue weighted by Gasteiger charge is -2.22. The number of hydrogen-bond donors (Lipinski definition) is 5. The van der Waals surface area contributed by atoms with Crippen LogP contribution in [0.5, 0.6) is 0 Å². The summed E-state index contributed by atoms with van der Waals surface area (Å²) in [4.78, 5) is 32.6. The van der Waals surface area contributed by atoms with Crippen LogP contribution < -0.4 is 16.4 Å². The van der Waals surface area contributed by atoms with Crippen molar-refractivity contribution in [2.75, 3.05) is 6.54 Å². The van der Waals surface area contributed by atoms with Crippen molar-refractivity contribution in [2.24, 2.45) is 11.7 Å². The largest absolute Gasteiger partial charge is 0.465 e. The van der Waals surface area contributed by atoms with Crippen molar-refractivity contribution in [3.05, 3.63) is 0 Å². The smallest absolute Gasteiger partial charge is 0.404 e. The number of nitrogens with one attached hydrogen (secondary N) is 2. The molecule has 1 saturated heterocycles. The van der Waals surface area contributed by atoms with E-state index >= 15 is 0 Å². The van der Waals surface area contributed by atoms with Crippen LogP contribution in [-0.4, -0.2) is 46.8 Å². The van der Waals surface area contributed by atoms with E-state index in [0.717, 1.165) is 0 Å². The second kappa shape index (κ2) is 5.48. The summed E-state index contributed by atoms with van der Waals surface area (Å²) in [5, 5.41) is 22.6. The summed E-state index contributed by atoms with van der Waals surface area (Å²) in [6, 6.07) is -1.07. The van der Waals surface area contributed by atoms with E-state index in [0.29, 0.717) is 13.0 Å². The van der Waals surface area contributed by atoms with Gasteiger partial charge in [0.05, 0.1) is 6.04 Å². The van der Waals surface area contributed by atoms with Crippen molar-refractivity contribution in [1.82, 2.24) is 10.6 Å². The molecule has 0 aromatic rings. The summed E-state index contributed by atoms with van der Waals surface area (Å²) in [5.74, 6) is -1.65. The molecule has 1 aliphatic rings. The first kappa shape index (κ1) is 13.2. The highest BCUT2D eigenvalue weighted by Gasteiger charge is 2.33. The quantitative estimate of drug-likeness (QED) is 0.380. The highest BCUT2D eigenvalue weighted by molar-refractivity contribution is 5.82. The van der Waals surface area contributed by atoms with E-state index < -0.39 is 30.1 Å². The molecule has 3 atom stereocenters. The van der Waals surface area contributed by atoms with Crippen LogP contribution in [0.4, 0.5) is 4.79 Å². The molecule has 0 aromatic carbocycles. The predicted octanol–water partition coefficient (Wildman–Crippen LogP) is -2.00. The standard InChI is InChI=1S/C9H15N3O5/c10-7(14)6(13)5(12-9(16)17)3-4-1-2-11-8(4)15/h4-6,12-13H,1-3H2,(H2,10,14)(H,11,15)(H,16,17)/t4-,5-,6?/m0/s1. The Kier molecular flexibility index (Phi) is 4.27. The van der Waals surface area contributed by atoms with Crippen LogP contribution >= 0.6 is 0 Å². The summed E-state index contributed by atoms with van der Waals surface area (Å²) >= 11 is 0. The van der Waals surface area contributed by atoms with Crippen LogP contribution in [0.1, 0.15) is 12.8 Å². The van der Waals surface area contributed by atoms with E-state index in [-0.39, 0.29) is 12.3 Å². The summed E-state index contributed by atoms with van der Waals surface area (Å²) in [6.45, 7) is 0.510. The number of carbonyl (C=O) groups excluding carboxylic acids is 2. The van der Waals surface area contributed by atoms with Crippen molar-refractivity contribution in [1.29, 1.82) is 0 Å².